The van der Waals surface area contributed by atoms with Gasteiger partial charge in [0.05, 0.1) is 0 Å². The number of aromatic nitrogens is 2. The van der Waals surface area contributed by atoms with Crippen LogP contribution in [0.15, 0.2) is 43.0 Å². The number of hydrogen-bond donors (Lipinski definition) is 1. The Kier molecular flexibility index (Phi) is 3.56. The number of fused-ring (bicyclic) bond motifs is 1. The lowest BCUT2D eigenvalue weighted by Crippen LogP contribution is -2.26. The predicted molar refractivity (Wildman–Crippen MR) is 76.0 cm³/mol. The molecule has 1 heterocycles. The van der Waals surface area contributed by atoms with E-state index in [1.807, 2.05) is 12.4 Å². The van der Waals surface area contributed by atoms with Crippen LogP contribution in [-0.2, 0) is 6.42 Å². The van der Waals surface area contributed by atoms with Gasteiger partial charge in [-0.1, -0.05) is 31.2 Å². The summed E-state index contributed by atoms with van der Waals surface area (Å²) >= 11 is 0. The zero-order chi connectivity index (χ0) is 13.1. The minimum absolute atomic E-state index is 0.315. The van der Waals surface area contributed by atoms with Gasteiger partial charge in [0.2, 0.25) is 0 Å². The summed E-state index contributed by atoms with van der Waals surface area (Å²) < 4.78 is 0. The Morgan fingerprint density at radius 3 is 2.84 bits per heavy atom. The number of aryl methyl sites for hydroxylation is 1. The summed E-state index contributed by atoms with van der Waals surface area (Å²) in [6.45, 7) is 3.11. The van der Waals surface area contributed by atoms with Crippen LogP contribution in [0.2, 0.25) is 0 Å². The Morgan fingerprint density at radius 1 is 1.26 bits per heavy atom. The Bertz CT molecular complexity index is 539. The van der Waals surface area contributed by atoms with E-state index in [0.717, 1.165) is 6.54 Å². The predicted octanol–water partition coefficient (Wildman–Crippen LogP) is 2.86. The zero-order valence-corrected chi connectivity index (χ0v) is 11.2. The van der Waals surface area contributed by atoms with E-state index < -0.39 is 0 Å². The van der Waals surface area contributed by atoms with Crippen LogP contribution < -0.4 is 5.32 Å². The van der Waals surface area contributed by atoms with Crippen molar-refractivity contribution >= 4 is 0 Å². The molecule has 3 rings (SSSR count). The third kappa shape index (κ3) is 2.38. The first-order valence-electron chi connectivity index (χ1n) is 6.96. The van der Waals surface area contributed by atoms with Gasteiger partial charge in [-0.25, -0.2) is 9.97 Å². The van der Waals surface area contributed by atoms with Crippen molar-refractivity contribution in [2.24, 2.45) is 0 Å². The molecule has 0 amide bonds. The summed E-state index contributed by atoms with van der Waals surface area (Å²) in [6.07, 6.45) is 7.83. The van der Waals surface area contributed by atoms with Crippen LogP contribution in [0.1, 0.15) is 42.0 Å². The highest BCUT2D eigenvalue weighted by Gasteiger charge is 2.30. The fourth-order valence-corrected chi connectivity index (χ4v) is 3.12. The number of hydrogen-bond acceptors (Lipinski definition) is 3. The number of rotatable bonds is 4. The van der Waals surface area contributed by atoms with E-state index in [1.54, 1.807) is 6.33 Å². The van der Waals surface area contributed by atoms with Gasteiger partial charge in [0, 0.05) is 29.9 Å². The number of likely N-dealkylation sites (N-methyl/N-ethyl adjacent to an activating group) is 1. The summed E-state index contributed by atoms with van der Waals surface area (Å²) in [5.41, 5.74) is 4.16. The molecule has 3 nitrogen and oxygen atoms in total. The lowest BCUT2D eigenvalue weighted by atomic mass is 9.89. The van der Waals surface area contributed by atoms with E-state index in [4.69, 9.17) is 0 Å². The largest absolute Gasteiger partial charge is 0.310 e. The second-order valence-electron chi connectivity index (χ2n) is 5.05. The minimum atomic E-state index is 0.315. The van der Waals surface area contributed by atoms with E-state index >= 15 is 0 Å². The molecule has 1 aliphatic rings. The minimum Gasteiger partial charge on any atom is -0.310 e. The molecule has 0 bridgehead atoms. The van der Waals surface area contributed by atoms with Gasteiger partial charge in [-0.15, -0.1) is 0 Å². The molecule has 1 aliphatic carbocycles. The standard InChI is InChI=1S/C16H19N3/c1-2-19-16(13-9-17-11-18-10-13)15-8-7-12-5-3-4-6-14(12)15/h3-6,9-11,15-16,19H,2,7-8H2,1H3. The van der Waals surface area contributed by atoms with Crippen LogP contribution in [0.5, 0.6) is 0 Å². The molecule has 2 unspecified atom stereocenters. The molecule has 1 aromatic carbocycles. The van der Waals surface area contributed by atoms with Gasteiger partial charge in [0.1, 0.15) is 6.33 Å². The Balaban J connectivity index is 1.94. The van der Waals surface area contributed by atoms with Crippen molar-refractivity contribution in [2.45, 2.75) is 31.7 Å². The second-order valence-corrected chi connectivity index (χ2v) is 5.05. The smallest absolute Gasteiger partial charge is 0.115 e. The molecule has 98 valence electrons. The van der Waals surface area contributed by atoms with Gasteiger partial charge in [-0.3, -0.25) is 0 Å². The van der Waals surface area contributed by atoms with Crippen molar-refractivity contribution in [1.29, 1.82) is 0 Å². The second kappa shape index (κ2) is 5.49. The lowest BCUT2D eigenvalue weighted by Gasteiger charge is -2.25. The Morgan fingerprint density at radius 2 is 2.05 bits per heavy atom. The Labute approximate surface area is 114 Å². The average molecular weight is 253 g/mol. The lowest BCUT2D eigenvalue weighted by molar-refractivity contribution is 0.451. The third-order valence-corrected chi connectivity index (χ3v) is 3.95. The Hall–Kier alpha value is -1.74. The molecular formula is C16H19N3. The molecule has 2 aromatic rings. The van der Waals surface area contributed by atoms with Gasteiger partial charge in [0.15, 0.2) is 0 Å². The van der Waals surface area contributed by atoms with Gasteiger partial charge >= 0.3 is 0 Å². The molecule has 2 atom stereocenters. The zero-order valence-electron chi connectivity index (χ0n) is 11.2. The SMILES string of the molecule is CCNC(c1cncnc1)C1CCc2ccccc21. The molecule has 0 saturated heterocycles. The highest BCUT2D eigenvalue weighted by Crippen LogP contribution is 2.41. The molecule has 0 radical (unpaired) electrons. The fraction of sp³-hybridized carbons (Fsp3) is 0.375. The monoisotopic (exact) mass is 253 g/mol. The first kappa shape index (κ1) is 12.3. The molecule has 3 heteroatoms. The highest BCUT2D eigenvalue weighted by atomic mass is 14.9. The summed E-state index contributed by atoms with van der Waals surface area (Å²) in [7, 11) is 0. The van der Waals surface area contributed by atoms with E-state index in [0.29, 0.717) is 12.0 Å². The molecule has 0 saturated carbocycles. The number of nitrogens with zero attached hydrogens (tertiary/aromatic N) is 2. The van der Waals surface area contributed by atoms with E-state index in [9.17, 15) is 0 Å². The van der Waals surface area contributed by atoms with Crippen molar-refractivity contribution in [3.05, 3.63) is 59.7 Å². The summed E-state index contributed by atoms with van der Waals surface area (Å²) in [6, 6.07) is 9.10. The van der Waals surface area contributed by atoms with Gasteiger partial charge in [0.25, 0.3) is 0 Å². The molecule has 19 heavy (non-hydrogen) atoms. The summed E-state index contributed by atoms with van der Waals surface area (Å²) in [4.78, 5) is 8.33. The topological polar surface area (TPSA) is 37.8 Å². The van der Waals surface area contributed by atoms with Crippen molar-refractivity contribution in [2.75, 3.05) is 6.54 Å². The van der Waals surface area contributed by atoms with Crippen LogP contribution in [0, 0.1) is 0 Å². The number of nitrogens with one attached hydrogen (secondary N) is 1. The molecule has 0 aliphatic heterocycles. The van der Waals surface area contributed by atoms with Gasteiger partial charge in [-0.2, -0.15) is 0 Å². The quantitative estimate of drug-likeness (QED) is 0.910. The van der Waals surface area contributed by atoms with Crippen molar-refractivity contribution in [3.8, 4) is 0 Å². The first-order valence-corrected chi connectivity index (χ1v) is 6.96. The maximum atomic E-state index is 4.16. The number of benzene rings is 1. The van der Waals surface area contributed by atoms with Crippen LogP contribution in [0.3, 0.4) is 0 Å². The van der Waals surface area contributed by atoms with Crippen molar-refractivity contribution in [3.63, 3.8) is 0 Å². The molecule has 0 fully saturated rings. The van der Waals surface area contributed by atoms with Gasteiger partial charge < -0.3 is 5.32 Å². The maximum absolute atomic E-state index is 4.16. The summed E-state index contributed by atoms with van der Waals surface area (Å²) in [5.74, 6) is 0.530. The van der Waals surface area contributed by atoms with E-state index in [2.05, 4.69) is 46.5 Å². The van der Waals surface area contributed by atoms with E-state index in [-0.39, 0.29) is 0 Å². The normalized spacial score (nSPS) is 19.1. The van der Waals surface area contributed by atoms with Crippen LogP contribution in [0.4, 0.5) is 0 Å². The van der Waals surface area contributed by atoms with Gasteiger partial charge in [-0.05, 0) is 30.5 Å². The average Bonchev–Trinajstić information content (AvgIpc) is 2.89. The molecule has 0 spiro atoms. The van der Waals surface area contributed by atoms with Crippen molar-refractivity contribution in [1.82, 2.24) is 15.3 Å². The molecular weight excluding hydrogens is 234 g/mol. The van der Waals surface area contributed by atoms with Crippen LogP contribution >= 0.6 is 0 Å². The fourth-order valence-electron chi connectivity index (χ4n) is 3.12. The maximum Gasteiger partial charge on any atom is 0.115 e. The highest BCUT2D eigenvalue weighted by molar-refractivity contribution is 5.37. The van der Waals surface area contributed by atoms with E-state index in [1.165, 1.54) is 29.5 Å². The molecule has 1 N–H and O–H groups in total. The van der Waals surface area contributed by atoms with Crippen molar-refractivity contribution < 1.29 is 0 Å². The van der Waals surface area contributed by atoms with Crippen LogP contribution in [-0.4, -0.2) is 16.5 Å². The first-order chi connectivity index (χ1) is 9.40. The third-order valence-electron chi connectivity index (χ3n) is 3.95. The summed E-state index contributed by atoms with van der Waals surface area (Å²) in [5, 5.41) is 3.60. The molecule has 1 aromatic heterocycles. The van der Waals surface area contributed by atoms with Crippen LogP contribution in [0.25, 0.3) is 0 Å².